The molecule has 0 N–H and O–H groups in total. The van der Waals surface area contributed by atoms with Crippen LogP contribution in [0.2, 0.25) is 5.15 Å². The van der Waals surface area contributed by atoms with Crippen LogP contribution in [0, 0.1) is 0 Å². The highest BCUT2D eigenvalue weighted by Crippen LogP contribution is 2.34. The fraction of sp³-hybridized carbons (Fsp3) is 0.615. The fourth-order valence-corrected chi connectivity index (χ4v) is 2.72. The molecule has 0 bridgehead atoms. The van der Waals surface area contributed by atoms with E-state index in [1.807, 2.05) is 11.8 Å². The van der Waals surface area contributed by atoms with Gasteiger partial charge in [-0.3, -0.25) is 0 Å². The lowest BCUT2D eigenvalue weighted by Crippen LogP contribution is -2.39. The van der Waals surface area contributed by atoms with Crippen molar-refractivity contribution >= 4 is 17.4 Å². The Morgan fingerprint density at radius 1 is 1.37 bits per heavy atom. The Balaban J connectivity index is 2.35. The van der Waals surface area contributed by atoms with Crippen molar-refractivity contribution in [3.63, 3.8) is 0 Å². The molecule has 19 heavy (non-hydrogen) atoms. The first-order valence-electron chi connectivity index (χ1n) is 6.43. The fourth-order valence-electron chi connectivity index (χ4n) is 2.52. The van der Waals surface area contributed by atoms with Crippen LogP contribution in [-0.2, 0) is 6.18 Å². The Kier molecular flexibility index (Phi) is 4.23. The number of nitrogens with zero attached hydrogens (tertiary/aromatic N) is 2. The third-order valence-electron chi connectivity index (χ3n) is 3.50. The van der Waals surface area contributed by atoms with Gasteiger partial charge in [-0.05, 0) is 37.8 Å². The molecule has 1 unspecified atom stereocenters. The highest BCUT2D eigenvalue weighted by Gasteiger charge is 2.33. The molecule has 0 radical (unpaired) electrons. The zero-order valence-electron chi connectivity index (χ0n) is 10.7. The first-order chi connectivity index (χ1) is 8.91. The predicted octanol–water partition coefficient (Wildman–Crippen LogP) is 4.52. The predicted molar refractivity (Wildman–Crippen MR) is 69.5 cm³/mol. The second-order valence-corrected chi connectivity index (χ2v) is 5.17. The number of hydrogen-bond acceptors (Lipinski definition) is 2. The molecular weight excluding hydrogens is 277 g/mol. The van der Waals surface area contributed by atoms with Crippen molar-refractivity contribution < 1.29 is 13.2 Å². The molecule has 1 aromatic heterocycles. The van der Waals surface area contributed by atoms with Gasteiger partial charge in [0.1, 0.15) is 11.0 Å². The second-order valence-electron chi connectivity index (χ2n) is 4.79. The molecule has 2 rings (SSSR count). The molecule has 2 heterocycles. The molecule has 6 heteroatoms. The lowest BCUT2D eigenvalue weighted by Gasteiger charge is -2.36. The largest absolute Gasteiger partial charge is 0.416 e. The number of anilines is 1. The summed E-state index contributed by atoms with van der Waals surface area (Å²) in [4.78, 5) is 6.01. The maximum atomic E-state index is 12.8. The van der Waals surface area contributed by atoms with Gasteiger partial charge in [-0.15, -0.1) is 0 Å². The lowest BCUT2D eigenvalue weighted by atomic mass is 10.00. The van der Waals surface area contributed by atoms with E-state index >= 15 is 0 Å². The van der Waals surface area contributed by atoms with E-state index in [0.29, 0.717) is 5.82 Å². The van der Waals surface area contributed by atoms with Gasteiger partial charge in [0.25, 0.3) is 0 Å². The molecule has 0 amide bonds. The minimum Gasteiger partial charge on any atom is -0.354 e. The van der Waals surface area contributed by atoms with E-state index in [4.69, 9.17) is 11.6 Å². The summed E-state index contributed by atoms with van der Waals surface area (Å²) in [5.74, 6) is 0.339. The summed E-state index contributed by atoms with van der Waals surface area (Å²) in [5, 5.41) is -0.106. The van der Waals surface area contributed by atoms with Gasteiger partial charge in [-0.25, -0.2) is 4.98 Å². The van der Waals surface area contributed by atoms with Crippen LogP contribution in [-0.4, -0.2) is 17.6 Å². The molecular formula is C13H16ClF3N2. The highest BCUT2D eigenvalue weighted by molar-refractivity contribution is 6.29. The van der Waals surface area contributed by atoms with Crippen molar-refractivity contribution in [2.75, 3.05) is 11.4 Å². The minimum absolute atomic E-state index is 0.106. The van der Waals surface area contributed by atoms with Crippen molar-refractivity contribution in [1.82, 2.24) is 4.98 Å². The molecule has 0 aliphatic carbocycles. The number of piperidine rings is 1. The van der Waals surface area contributed by atoms with Crippen LogP contribution >= 0.6 is 11.6 Å². The maximum Gasteiger partial charge on any atom is 0.416 e. The Morgan fingerprint density at radius 3 is 2.74 bits per heavy atom. The average Bonchev–Trinajstić information content (AvgIpc) is 2.37. The van der Waals surface area contributed by atoms with E-state index in [0.717, 1.165) is 44.4 Å². The number of halogens is 4. The van der Waals surface area contributed by atoms with Crippen LogP contribution in [0.1, 0.15) is 38.2 Å². The van der Waals surface area contributed by atoms with Crippen molar-refractivity contribution in [1.29, 1.82) is 0 Å². The molecule has 0 saturated carbocycles. The van der Waals surface area contributed by atoms with Crippen LogP contribution < -0.4 is 4.90 Å². The number of pyridine rings is 1. The Morgan fingerprint density at radius 2 is 2.11 bits per heavy atom. The van der Waals surface area contributed by atoms with Crippen LogP contribution in [0.25, 0.3) is 0 Å². The molecule has 2 nitrogen and oxygen atoms in total. The molecule has 1 fully saturated rings. The van der Waals surface area contributed by atoms with E-state index in [9.17, 15) is 13.2 Å². The lowest BCUT2D eigenvalue weighted by molar-refractivity contribution is -0.137. The van der Waals surface area contributed by atoms with Gasteiger partial charge in [0.05, 0.1) is 5.56 Å². The Labute approximate surface area is 115 Å². The van der Waals surface area contributed by atoms with Gasteiger partial charge >= 0.3 is 6.18 Å². The molecule has 0 spiro atoms. The van der Waals surface area contributed by atoms with Gasteiger partial charge in [-0.2, -0.15) is 13.2 Å². The maximum absolute atomic E-state index is 12.8. The van der Waals surface area contributed by atoms with Crippen molar-refractivity contribution in [3.05, 3.63) is 22.8 Å². The number of hydrogen-bond donors (Lipinski definition) is 0. The van der Waals surface area contributed by atoms with Crippen molar-refractivity contribution in [2.45, 2.75) is 44.8 Å². The van der Waals surface area contributed by atoms with E-state index < -0.39 is 11.7 Å². The standard InChI is InChI=1S/C13H16ClF3N2/c1-2-10-5-3-4-6-19(10)12-8-9(13(15,16)17)7-11(14)18-12/h7-8,10H,2-6H2,1H3. The van der Waals surface area contributed by atoms with Crippen molar-refractivity contribution in [3.8, 4) is 0 Å². The quantitative estimate of drug-likeness (QED) is 0.745. The van der Waals surface area contributed by atoms with Crippen LogP contribution in [0.3, 0.4) is 0 Å². The third-order valence-corrected chi connectivity index (χ3v) is 3.69. The number of rotatable bonds is 2. The van der Waals surface area contributed by atoms with Crippen LogP contribution in [0.5, 0.6) is 0 Å². The molecule has 106 valence electrons. The summed E-state index contributed by atoms with van der Waals surface area (Å²) in [5.41, 5.74) is -0.733. The smallest absolute Gasteiger partial charge is 0.354 e. The summed E-state index contributed by atoms with van der Waals surface area (Å²) in [7, 11) is 0. The highest BCUT2D eigenvalue weighted by atomic mass is 35.5. The Bertz CT molecular complexity index is 448. The van der Waals surface area contributed by atoms with E-state index in [1.54, 1.807) is 0 Å². The van der Waals surface area contributed by atoms with E-state index in [1.165, 1.54) is 0 Å². The summed E-state index contributed by atoms with van der Waals surface area (Å²) in [6.07, 6.45) is -0.409. The van der Waals surface area contributed by atoms with Gasteiger partial charge in [0.2, 0.25) is 0 Å². The van der Waals surface area contributed by atoms with Gasteiger partial charge in [0, 0.05) is 12.6 Å². The molecule has 1 saturated heterocycles. The molecule has 1 aliphatic rings. The summed E-state index contributed by atoms with van der Waals surface area (Å²) in [6.45, 7) is 2.78. The second kappa shape index (κ2) is 5.57. The monoisotopic (exact) mass is 292 g/mol. The van der Waals surface area contributed by atoms with Gasteiger partial charge < -0.3 is 4.90 Å². The van der Waals surface area contributed by atoms with Crippen molar-refractivity contribution in [2.24, 2.45) is 0 Å². The first kappa shape index (κ1) is 14.4. The number of alkyl halides is 3. The SMILES string of the molecule is CCC1CCCCN1c1cc(C(F)(F)F)cc(Cl)n1. The molecule has 0 aromatic carbocycles. The van der Waals surface area contributed by atoms with Gasteiger partial charge in [-0.1, -0.05) is 18.5 Å². The minimum atomic E-state index is -4.39. The van der Waals surface area contributed by atoms with E-state index in [-0.39, 0.29) is 11.2 Å². The first-order valence-corrected chi connectivity index (χ1v) is 6.81. The normalized spacial score (nSPS) is 20.7. The zero-order chi connectivity index (χ0) is 14.0. The Hall–Kier alpha value is -0.970. The molecule has 1 atom stereocenters. The van der Waals surface area contributed by atoms with Crippen LogP contribution in [0.15, 0.2) is 12.1 Å². The third kappa shape index (κ3) is 3.32. The van der Waals surface area contributed by atoms with Crippen LogP contribution in [0.4, 0.5) is 19.0 Å². The molecule has 1 aromatic rings. The summed E-state index contributed by atoms with van der Waals surface area (Å²) in [6, 6.07) is 2.22. The molecule has 1 aliphatic heterocycles. The topological polar surface area (TPSA) is 16.1 Å². The van der Waals surface area contributed by atoms with Gasteiger partial charge in [0.15, 0.2) is 0 Å². The van der Waals surface area contributed by atoms with E-state index in [2.05, 4.69) is 4.98 Å². The number of aromatic nitrogens is 1. The summed E-state index contributed by atoms with van der Waals surface area (Å²) >= 11 is 5.73. The zero-order valence-corrected chi connectivity index (χ0v) is 11.4. The average molecular weight is 293 g/mol. The summed E-state index contributed by atoms with van der Waals surface area (Å²) < 4.78 is 38.4.